The van der Waals surface area contributed by atoms with Crippen LogP contribution >= 0.6 is 11.3 Å². The van der Waals surface area contributed by atoms with E-state index in [1.54, 1.807) is 18.2 Å². The molecule has 0 radical (unpaired) electrons. The highest BCUT2D eigenvalue weighted by Gasteiger charge is 2.35. The second-order valence-corrected chi connectivity index (χ2v) is 6.52. The molecule has 2 aromatic rings. The number of carbonyl (C=O) groups is 1. The fraction of sp³-hybridized carbons (Fsp3) is 0.412. The second kappa shape index (κ2) is 7.10. The van der Waals surface area contributed by atoms with Crippen LogP contribution in [0.2, 0.25) is 0 Å². The van der Waals surface area contributed by atoms with Gasteiger partial charge >= 0.3 is 0 Å². The lowest BCUT2D eigenvalue weighted by Crippen LogP contribution is -2.41. The van der Waals surface area contributed by atoms with Gasteiger partial charge in [0.15, 0.2) is 5.13 Å². The largest absolute Gasteiger partial charge is 0.497 e. The number of anilines is 1. The Balaban J connectivity index is 1.82. The number of hydrogen-bond donors (Lipinski definition) is 0. The average molecular weight is 332 g/mol. The standard InChI is InChI=1S/C17H20N2O3S/c1-12-7-9-22-15(12)16(20)19(17-18-8-10-23-17)11-13-3-5-14(21-2)6-4-13/h3-6,8,10,12,15H,7,9,11H2,1-2H3/t12-,15-/m1/s1. The number of benzene rings is 1. The number of amides is 1. The summed E-state index contributed by atoms with van der Waals surface area (Å²) in [4.78, 5) is 19.0. The fourth-order valence-electron chi connectivity index (χ4n) is 2.67. The number of methoxy groups -OCH3 is 1. The van der Waals surface area contributed by atoms with Gasteiger partial charge < -0.3 is 9.47 Å². The van der Waals surface area contributed by atoms with E-state index in [2.05, 4.69) is 11.9 Å². The van der Waals surface area contributed by atoms with Crippen LogP contribution in [0.4, 0.5) is 5.13 Å². The molecule has 0 saturated carbocycles. The lowest BCUT2D eigenvalue weighted by molar-refractivity contribution is -0.128. The lowest BCUT2D eigenvalue weighted by Gasteiger charge is -2.24. The van der Waals surface area contributed by atoms with Crippen LogP contribution in [0.1, 0.15) is 18.9 Å². The number of thiazole rings is 1. The maximum atomic E-state index is 12.9. The first-order valence-electron chi connectivity index (χ1n) is 7.64. The average Bonchev–Trinajstić information content (AvgIpc) is 3.24. The van der Waals surface area contributed by atoms with E-state index in [1.807, 2.05) is 29.6 Å². The molecule has 23 heavy (non-hydrogen) atoms. The zero-order valence-electron chi connectivity index (χ0n) is 13.3. The molecular weight excluding hydrogens is 312 g/mol. The molecule has 122 valence electrons. The van der Waals surface area contributed by atoms with Gasteiger partial charge in [0.1, 0.15) is 11.9 Å². The first kappa shape index (κ1) is 16.0. The van der Waals surface area contributed by atoms with Crippen molar-refractivity contribution in [3.63, 3.8) is 0 Å². The van der Waals surface area contributed by atoms with Crippen LogP contribution in [0.25, 0.3) is 0 Å². The van der Waals surface area contributed by atoms with Gasteiger partial charge in [0.25, 0.3) is 5.91 Å². The molecule has 1 amide bonds. The quantitative estimate of drug-likeness (QED) is 0.844. The smallest absolute Gasteiger partial charge is 0.258 e. The lowest BCUT2D eigenvalue weighted by atomic mass is 10.0. The zero-order chi connectivity index (χ0) is 16.2. The fourth-order valence-corrected chi connectivity index (χ4v) is 3.31. The molecule has 1 aromatic heterocycles. The van der Waals surface area contributed by atoms with E-state index < -0.39 is 0 Å². The van der Waals surface area contributed by atoms with Gasteiger partial charge in [-0.2, -0.15) is 0 Å². The summed E-state index contributed by atoms with van der Waals surface area (Å²) in [6, 6.07) is 7.72. The van der Waals surface area contributed by atoms with Crippen LogP contribution in [-0.4, -0.2) is 30.7 Å². The molecule has 2 atom stereocenters. The van der Waals surface area contributed by atoms with Gasteiger partial charge in [-0.1, -0.05) is 19.1 Å². The van der Waals surface area contributed by atoms with Crippen LogP contribution in [0.5, 0.6) is 5.75 Å². The summed E-state index contributed by atoms with van der Waals surface area (Å²) in [6.45, 7) is 3.18. The molecule has 0 aliphatic carbocycles. The van der Waals surface area contributed by atoms with Gasteiger partial charge in [0.2, 0.25) is 0 Å². The third kappa shape index (κ3) is 3.54. The number of nitrogens with zero attached hydrogens (tertiary/aromatic N) is 2. The Bertz CT molecular complexity index is 642. The van der Waals surface area contributed by atoms with Crippen LogP contribution in [0.15, 0.2) is 35.8 Å². The minimum atomic E-state index is -0.378. The van der Waals surface area contributed by atoms with Crippen LogP contribution in [-0.2, 0) is 16.1 Å². The predicted molar refractivity (Wildman–Crippen MR) is 89.8 cm³/mol. The maximum absolute atomic E-state index is 12.9. The van der Waals surface area contributed by atoms with Gasteiger partial charge in [0, 0.05) is 18.2 Å². The summed E-state index contributed by atoms with van der Waals surface area (Å²) in [5.41, 5.74) is 1.03. The van der Waals surface area contributed by atoms with E-state index in [0.29, 0.717) is 18.3 Å². The SMILES string of the molecule is COc1ccc(CN(C(=O)[C@@H]2OCC[C@H]2C)c2nccs2)cc1. The third-order valence-corrected chi connectivity index (χ3v) is 4.84. The summed E-state index contributed by atoms with van der Waals surface area (Å²) in [5.74, 6) is 1.02. The van der Waals surface area contributed by atoms with E-state index >= 15 is 0 Å². The molecule has 1 saturated heterocycles. The van der Waals surface area contributed by atoms with Crippen LogP contribution < -0.4 is 9.64 Å². The van der Waals surface area contributed by atoms with Crippen LogP contribution in [0, 0.1) is 5.92 Å². The molecule has 1 aliphatic rings. The van der Waals surface area contributed by atoms with E-state index in [4.69, 9.17) is 9.47 Å². The predicted octanol–water partition coefficient (Wildman–Crippen LogP) is 3.11. The monoisotopic (exact) mass is 332 g/mol. The summed E-state index contributed by atoms with van der Waals surface area (Å²) in [7, 11) is 1.64. The summed E-state index contributed by atoms with van der Waals surface area (Å²) in [5, 5.41) is 2.58. The Labute approximate surface area is 139 Å². The Morgan fingerprint density at radius 1 is 1.43 bits per heavy atom. The van der Waals surface area contributed by atoms with E-state index in [1.165, 1.54) is 11.3 Å². The summed E-state index contributed by atoms with van der Waals surface area (Å²) in [6.07, 6.45) is 2.26. The van der Waals surface area contributed by atoms with Crippen molar-refractivity contribution in [2.75, 3.05) is 18.6 Å². The van der Waals surface area contributed by atoms with Crippen molar-refractivity contribution < 1.29 is 14.3 Å². The molecule has 2 heterocycles. The molecule has 1 fully saturated rings. The highest BCUT2D eigenvalue weighted by Crippen LogP contribution is 2.27. The first-order chi connectivity index (χ1) is 11.2. The number of ether oxygens (including phenoxy) is 2. The van der Waals surface area contributed by atoms with Gasteiger partial charge in [-0.25, -0.2) is 4.98 Å². The van der Waals surface area contributed by atoms with Crippen molar-refractivity contribution in [2.45, 2.75) is 26.0 Å². The highest BCUT2D eigenvalue weighted by molar-refractivity contribution is 7.13. The van der Waals surface area contributed by atoms with Gasteiger partial charge in [-0.05, 0) is 30.0 Å². The van der Waals surface area contributed by atoms with Crippen molar-refractivity contribution in [1.29, 1.82) is 0 Å². The summed E-state index contributed by atoms with van der Waals surface area (Å²) >= 11 is 1.46. The molecule has 0 spiro atoms. The zero-order valence-corrected chi connectivity index (χ0v) is 14.1. The topological polar surface area (TPSA) is 51.7 Å². The Kier molecular flexibility index (Phi) is 4.93. The first-order valence-corrected chi connectivity index (χ1v) is 8.52. The van der Waals surface area contributed by atoms with E-state index in [9.17, 15) is 4.79 Å². The number of hydrogen-bond acceptors (Lipinski definition) is 5. The van der Waals surface area contributed by atoms with Crippen molar-refractivity contribution >= 4 is 22.4 Å². The molecule has 6 heteroatoms. The summed E-state index contributed by atoms with van der Waals surface area (Å²) < 4.78 is 10.8. The Morgan fingerprint density at radius 3 is 2.78 bits per heavy atom. The molecule has 3 rings (SSSR count). The Morgan fingerprint density at radius 2 is 2.22 bits per heavy atom. The van der Waals surface area contributed by atoms with E-state index in [-0.39, 0.29) is 17.9 Å². The van der Waals surface area contributed by atoms with E-state index in [0.717, 1.165) is 17.7 Å². The van der Waals surface area contributed by atoms with Crippen LogP contribution in [0.3, 0.4) is 0 Å². The molecule has 0 unspecified atom stereocenters. The molecule has 5 nitrogen and oxygen atoms in total. The van der Waals surface area contributed by atoms with Gasteiger partial charge in [-0.3, -0.25) is 9.69 Å². The maximum Gasteiger partial charge on any atom is 0.258 e. The van der Waals surface area contributed by atoms with Crippen molar-refractivity contribution in [3.05, 3.63) is 41.4 Å². The minimum absolute atomic E-state index is 0.0132. The van der Waals surface area contributed by atoms with Gasteiger partial charge in [0.05, 0.1) is 13.7 Å². The highest BCUT2D eigenvalue weighted by atomic mass is 32.1. The van der Waals surface area contributed by atoms with Crippen molar-refractivity contribution in [1.82, 2.24) is 4.98 Å². The molecular formula is C17H20N2O3S. The Hall–Kier alpha value is -1.92. The van der Waals surface area contributed by atoms with Crippen molar-refractivity contribution in [2.24, 2.45) is 5.92 Å². The number of aromatic nitrogens is 1. The second-order valence-electron chi connectivity index (χ2n) is 5.64. The normalized spacial score (nSPS) is 20.4. The van der Waals surface area contributed by atoms with Crippen molar-refractivity contribution in [3.8, 4) is 5.75 Å². The molecule has 0 N–H and O–H groups in total. The van der Waals surface area contributed by atoms with Gasteiger partial charge in [-0.15, -0.1) is 11.3 Å². The number of carbonyl (C=O) groups excluding carboxylic acids is 1. The number of rotatable bonds is 5. The minimum Gasteiger partial charge on any atom is -0.497 e. The third-order valence-electron chi connectivity index (χ3n) is 4.05. The molecule has 0 bridgehead atoms. The molecule has 1 aliphatic heterocycles. The molecule has 1 aromatic carbocycles.